The fourth-order valence-electron chi connectivity index (χ4n) is 6.38. The summed E-state index contributed by atoms with van der Waals surface area (Å²) in [6, 6.07) is 0. The number of carbonyl (C=O) groups excluding carboxylic acids is 2. The lowest BCUT2D eigenvalue weighted by molar-refractivity contribution is -0.160. The quantitative estimate of drug-likeness (QED) is 0.546. The van der Waals surface area contributed by atoms with Gasteiger partial charge in [0, 0.05) is 12.8 Å². The van der Waals surface area contributed by atoms with Crippen molar-refractivity contribution in [2.75, 3.05) is 7.11 Å². The topological polar surface area (TPSA) is 65.1 Å². The van der Waals surface area contributed by atoms with Crippen molar-refractivity contribution in [3.63, 3.8) is 0 Å². The number of fused-ring (bicyclic) bond motifs is 2. The fourth-order valence-corrected chi connectivity index (χ4v) is 6.38. The Kier molecular flexibility index (Phi) is 4.92. The summed E-state index contributed by atoms with van der Waals surface area (Å²) >= 11 is 0. The highest BCUT2D eigenvalue weighted by molar-refractivity contribution is 5.84. The molecule has 1 heterocycles. The van der Waals surface area contributed by atoms with Gasteiger partial charge >= 0.3 is 11.9 Å². The molecule has 0 radical (unpaired) electrons. The molecule has 0 aromatic heterocycles. The van der Waals surface area contributed by atoms with Gasteiger partial charge in [0.2, 0.25) is 0 Å². The summed E-state index contributed by atoms with van der Waals surface area (Å²) in [5.41, 5.74) is -0.497. The second-order valence-corrected chi connectivity index (χ2v) is 9.58. The van der Waals surface area contributed by atoms with Gasteiger partial charge in [-0.3, -0.25) is 4.79 Å². The summed E-state index contributed by atoms with van der Waals surface area (Å²) in [6.45, 7) is 10.4. The molecule has 3 aliphatic rings. The molecule has 2 aliphatic carbocycles. The van der Waals surface area contributed by atoms with Crippen LogP contribution in [0.25, 0.3) is 0 Å². The van der Waals surface area contributed by atoms with E-state index < -0.39 is 5.60 Å². The van der Waals surface area contributed by atoms with Crippen molar-refractivity contribution in [2.24, 2.45) is 22.7 Å². The van der Waals surface area contributed by atoms with Gasteiger partial charge in [-0.15, -0.1) is 0 Å². The van der Waals surface area contributed by atoms with E-state index in [9.17, 15) is 9.59 Å². The maximum absolute atomic E-state index is 12.7. The summed E-state index contributed by atoms with van der Waals surface area (Å²) in [7, 11) is 1.45. The van der Waals surface area contributed by atoms with E-state index in [1.807, 2.05) is 6.92 Å². The number of epoxide rings is 1. The first-order chi connectivity index (χ1) is 12.1. The summed E-state index contributed by atoms with van der Waals surface area (Å²) in [5, 5.41) is 0. The Morgan fingerprint density at radius 3 is 2.54 bits per heavy atom. The molecule has 5 nitrogen and oxygen atoms in total. The highest BCUT2D eigenvalue weighted by Gasteiger charge is 2.76. The van der Waals surface area contributed by atoms with Crippen molar-refractivity contribution in [3.8, 4) is 0 Å². The van der Waals surface area contributed by atoms with Gasteiger partial charge in [0.1, 0.15) is 0 Å². The van der Waals surface area contributed by atoms with Crippen LogP contribution >= 0.6 is 0 Å². The van der Waals surface area contributed by atoms with E-state index in [1.165, 1.54) is 26.9 Å². The van der Waals surface area contributed by atoms with Gasteiger partial charge in [-0.2, -0.15) is 0 Å². The van der Waals surface area contributed by atoms with Gasteiger partial charge in [-0.05, 0) is 55.8 Å². The van der Waals surface area contributed by atoms with Crippen LogP contribution in [0.2, 0.25) is 0 Å². The monoisotopic (exact) mass is 366 g/mol. The van der Waals surface area contributed by atoms with Crippen molar-refractivity contribution < 1.29 is 23.8 Å². The summed E-state index contributed by atoms with van der Waals surface area (Å²) in [5.74, 6) is 0.148. The molecule has 148 valence electrons. The van der Waals surface area contributed by atoms with Crippen LogP contribution in [0.5, 0.6) is 0 Å². The van der Waals surface area contributed by atoms with E-state index in [2.05, 4.69) is 20.8 Å². The zero-order chi connectivity index (χ0) is 19.3. The van der Waals surface area contributed by atoms with E-state index in [4.69, 9.17) is 14.2 Å². The zero-order valence-electron chi connectivity index (χ0n) is 17.1. The summed E-state index contributed by atoms with van der Waals surface area (Å²) in [4.78, 5) is 24.0. The number of esters is 2. The van der Waals surface area contributed by atoms with Crippen molar-refractivity contribution in [3.05, 3.63) is 0 Å². The Bertz CT molecular complexity index is 585. The number of hydrogen-bond acceptors (Lipinski definition) is 5. The molecule has 5 heteroatoms. The molecule has 0 bridgehead atoms. The third kappa shape index (κ3) is 2.96. The smallest absolute Gasteiger partial charge is 0.341 e. The van der Waals surface area contributed by atoms with Crippen LogP contribution < -0.4 is 0 Å². The Morgan fingerprint density at radius 1 is 1.23 bits per heavy atom. The summed E-state index contributed by atoms with van der Waals surface area (Å²) < 4.78 is 16.6. The average Bonchev–Trinajstić information content (AvgIpc) is 3.25. The number of methoxy groups -OCH3 is 1. The van der Waals surface area contributed by atoms with Gasteiger partial charge in [0.15, 0.2) is 5.60 Å². The second kappa shape index (κ2) is 6.50. The van der Waals surface area contributed by atoms with Crippen LogP contribution in [0.3, 0.4) is 0 Å². The molecule has 0 aromatic rings. The maximum atomic E-state index is 12.7. The average molecular weight is 366 g/mol. The minimum atomic E-state index is -0.788. The molecule has 1 saturated heterocycles. The lowest BCUT2D eigenvalue weighted by Gasteiger charge is -2.57. The molecule has 26 heavy (non-hydrogen) atoms. The molecular weight excluding hydrogens is 332 g/mol. The minimum Gasteiger partial charge on any atom is -0.467 e. The predicted molar refractivity (Wildman–Crippen MR) is 97.4 cm³/mol. The van der Waals surface area contributed by atoms with Crippen molar-refractivity contribution in [2.45, 2.75) is 91.0 Å². The standard InChI is InChI=1S/C21H34O5/c1-13(25-14(2)22)8-9-15-20(5)11-7-10-19(3,4)16(20)12-17-21(15,26-17)18(23)24-6/h13,15-17H,7-12H2,1-6H3/t13?,15-,16+,17+,20-,21-/m1/s1. The molecule has 1 unspecified atom stereocenters. The van der Waals surface area contributed by atoms with Crippen LogP contribution in [-0.2, 0) is 23.8 Å². The van der Waals surface area contributed by atoms with E-state index in [1.54, 1.807) is 0 Å². The van der Waals surface area contributed by atoms with Crippen molar-refractivity contribution in [1.82, 2.24) is 0 Å². The first kappa shape index (κ1) is 19.7. The first-order valence-corrected chi connectivity index (χ1v) is 10.0. The van der Waals surface area contributed by atoms with Gasteiger partial charge in [0.25, 0.3) is 0 Å². The highest BCUT2D eigenvalue weighted by Crippen LogP contribution is 2.69. The maximum Gasteiger partial charge on any atom is 0.341 e. The van der Waals surface area contributed by atoms with Crippen LogP contribution in [-0.4, -0.2) is 36.9 Å². The molecule has 0 N–H and O–H groups in total. The Labute approximate surface area is 157 Å². The van der Waals surface area contributed by atoms with Crippen LogP contribution in [0.15, 0.2) is 0 Å². The summed E-state index contributed by atoms with van der Waals surface area (Å²) in [6.07, 6.45) is 5.82. The molecule has 6 atom stereocenters. The van der Waals surface area contributed by atoms with Crippen LogP contribution in [0.1, 0.15) is 73.1 Å². The largest absolute Gasteiger partial charge is 0.467 e. The van der Waals surface area contributed by atoms with Gasteiger partial charge in [0.05, 0.1) is 19.3 Å². The molecule has 1 aliphatic heterocycles. The molecule has 3 rings (SSSR count). The molecule has 3 fully saturated rings. The van der Waals surface area contributed by atoms with Gasteiger partial charge in [-0.25, -0.2) is 4.79 Å². The Balaban J connectivity index is 1.89. The zero-order valence-corrected chi connectivity index (χ0v) is 17.1. The Hall–Kier alpha value is -1.10. The molecule has 0 spiro atoms. The number of hydrogen-bond donors (Lipinski definition) is 0. The van der Waals surface area contributed by atoms with Crippen LogP contribution in [0, 0.1) is 22.7 Å². The van der Waals surface area contributed by atoms with Gasteiger partial charge < -0.3 is 14.2 Å². The molecule has 0 amide bonds. The lowest BCUT2D eigenvalue weighted by Crippen LogP contribution is -2.57. The van der Waals surface area contributed by atoms with E-state index in [0.29, 0.717) is 5.92 Å². The normalized spacial score (nSPS) is 41.4. The van der Waals surface area contributed by atoms with E-state index in [0.717, 1.165) is 25.7 Å². The Morgan fingerprint density at radius 2 is 1.92 bits per heavy atom. The number of ether oxygens (including phenoxy) is 3. The molecular formula is C21H34O5. The number of rotatable bonds is 5. The molecule has 0 aromatic carbocycles. The predicted octanol–water partition coefficient (Wildman–Crippen LogP) is 3.88. The van der Waals surface area contributed by atoms with E-state index >= 15 is 0 Å². The van der Waals surface area contributed by atoms with Crippen molar-refractivity contribution in [1.29, 1.82) is 0 Å². The van der Waals surface area contributed by atoms with E-state index in [-0.39, 0.29) is 40.9 Å². The first-order valence-electron chi connectivity index (χ1n) is 10.0. The number of carbonyl (C=O) groups is 2. The third-order valence-corrected chi connectivity index (χ3v) is 7.53. The van der Waals surface area contributed by atoms with Crippen molar-refractivity contribution >= 4 is 11.9 Å². The molecule has 2 saturated carbocycles. The minimum absolute atomic E-state index is 0.0283. The van der Waals surface area contributed by atoms with Gasteiger partial charge in [-0.1, -0.05) is 27.2 Å². The third-order valence-electron chi connectivity index (χ3n) is 7.53. The highest BCUT2D eigenvalue weighted by atomic mass is 16.7. The lowest BCUT2D eigenvalue weighted by atomic mass is 9.46. The second-order valence-electron chi connectivity index (χ2n) is 9.58. The fraction of sp³-hybridized carbons (Fsp3) is 0.905. The SMILES string of the molecule is COC(=O)[C@]12O[C@H]1C[C@H]1C(C)(C)CCC[C@]1(C)[C@H]2CCC(C)OC(C)=O. The van der Waals surface area contributed by atoms with Crippen LogP contribution in [0.4, 0.5) is 0 Å².